The topological polar surface area (TPSA) is 185 Å². The Morgan fingerprint density at radius 1 is 0.789 bits per heavy atom. The molecule has 1 aromatic rings. The van der Waals surface area contributed by atoms with Crippen molar-refractivity contribution in [2.24, 2.45) is 0 Å². The molecule has 15 heteroatoms. The molecule has 0 saturated carbocycles. The summed E-state index contributed by atoms with van der Waals surface area (Å²) in [6.07, 6.45) is -7.13. The first kappa shape index (κ1) is 30.2. The Bertz CT molecular complexity index is 1070. The Hall–Kier alpha value is -4.01. The summed E-state index contributed by atoms with van der Waals surface area (Å²) in [5.74, 6) is -4.58. The Morgan fingerprint density at radius 3 is 1.87 bits per heavy atom. The fraction of sp³-hybridized carbons (Fsp3) is 0.609. The van der Waals surface area contributed by atoms with Crippen LogP contribution < -0.4 is 0 Å². The number of esters is 6. The van der Waals surface area contributed by atoms with Crippen molar-refractivity contribution in [3.8, 4) is 0 Å². The van der Waals surface area contributed by atoms with Gasteiger partial charge in [0.05, 0.1) is 6.61 Å². The molecule has 2 rings (SSSR count). The molecular weight excluding hydrogens is 512 g/mol. The third-order valence-corrected chi connectivity index (χ3v) is 4.90. The highest BCUT2D eigenvalue weighted by molar-refractivity contribution is 5.87. The van der Waals surface area contributed by atoms with Crippen molar-refractivity contribution in [3.63, 3.8) is 0 Å². The van der Waals surface area contributed by atoms with E-state index >= 15 is 0 Å². The highest BCUT2D eigenvalue weighted by Gasteiger charge is 2.53. The summed E-state index contributed by atoms with van der Waals surface area (Å²) in [7, 11) is 0. The first-order valence-corrected chi connectivity index (χ1v) is 11.5. The molecular formula is C23H30N2O13. The van der Waals surface area contributed by atoms with Crippen molar-refractivity contribution in [1.82, 2.24) is 9.78 Å². The van der Waals surface area contributed by atoms with E-state index < -0.39 is 73.1 Å². The first-order valence-electron chi connectivity index (χ1n) is 11.5. The van der Waals surface area contributed by atoms with Gasteiger partial charge in [-0.1, -0.05) is 0 Å². The maximum atomic E-state index is 12.8. The van der Waals surface area contributed by atoms with Crippen LogP contribution in [0.2, 0.25) is 0 Å². The maximum Gasteiger partial charge on any atom is 0.356 e. The Kier molecular flexibility index (Phi) is 10.7. The van der Waals surface area contributed by atoms with Crippen LogP contribution in [0.15, 0.2) is 6.07 Å². The Labute approximate surface area is 217 Å². The summed E-state index contributed by atoms with van der Waals surface area (Å²) >= 11 is 0. The van der Waals surface area contributed by atoms with E-state index in [1.807, 2.05) is 0 Å². The summed E-state index contributed by atoms with van der Waals surface area (Å²) < 4.78 is 38.3. The molecule has 0 spiro atoms. The average molecular weight is 542 g/mol. The largest absolute Gasteiger partial charge is 0.463 e. The fourth-order valence-electron chi connectivity index (χ4n) is 3.65. The number of ether oxygens (including phenoxy) is 7. The molecule has 0 aromatic carbocycles. The van der Waals surface area contributed by atoms with E-state index in [1.54, 1.807) is 6.92 Å². The van der Waals surface area contributed by atoms with Crippen LogP contribution in [0.25, 0.3) is 0 Å². The normalized spacial score (nSPS) is 22.5. The van der Waals surface area contributed by atoms with Gasteiger partial charge in [-0.2, -0.15) is 5.10 Å². The van der Waals surface area contributed by atoms with Gasteiger partial charge in [-0.15, -0.1) is 0 Å². The van der Waals surface area contributed by atoms with Crippen LogP contribution in [0.3, 0.4) is 0 Å². The average Bonchev–Trinajstić information content (AvgIpc) is 3.22. The molecule has 0 aliphatic carbocycles. The lowest BCUT2D eigenvalue weighted by molar-refractivity contribution is -0.270. The van der Waals surface area contributed by atoms with Crippen LogP contribution in [0.5, 0.6) is 0 Å². The molecule has 1 aromatic heterocycles. The van der Waals surface area contributed by atoms with Gasteiger partial charge in [0, 0.05) is 34.6 Å². The van der Waals surface area contributed by atoms with Crippen LogP contribution in [-0.4, -0.2) is 83.2 Å². The summed E-state index contributed by atoms with van der Waals surface area (Å²) in [4.78, 5) is 71.6. The minimum Gasteiger partial charge on any atom is -0.463 e. The van der Waals surface area contributed by atoms with E-state index in [9.17, 15) is 28.8 Å². The standard InChI is InChI=1S/C23H30N2O13/c1-7-32-23(31)17-8-16(9-33-11(2)26)24-25(17)22-21(37-15(6)30)20(36-14(5)29)19(35-13(4)28)18(38-22)10-34-12(3)27/h8,18-22H,7,9-10H2,1-6H3/t18-,19-,20+,21-,22-/m1/s1. The van der Waals surface area contributed by atoms with Gasteiger partial charge < -0.3 is 33.2 Å². The SMILES string of the molecule is CCOC(=O)c1cc(COC(C)=O)nn1[C@@H]1O[C@H](COC(C)=O)[C@@H](OC(C)=O)[C@H](OC(C)=O)[C@H]1OC(C)=O. The molecule has 0 amide bonds. The number of carbonyl (C=O) groups is 6. The summed E-state index contributed by atoms with van der Waals surface area (Å²) in [6.45, 7) is 6.36. The zero-order chi connectivity index (χ0) is 28.6. The number of rotatable bonds is 10. The van der Waals surface area contributed by atoms with E-state index in [4.69, 9.17) is 33.2 Å². The van der Waals surface area contributed by atoms with Crippen LogP contribution in [0.1, 0.15) is 64.0 Å². The lowest BCUT2D eigenvalue weighted by Crippen LogP contribution is -2.61. The molecule has 0 unspecified atom stereocenters. The quantitative estimate of drug-likeness (QED) is 0.292. The molecule has 1 fully saturated rings. The number of nitrogens with zero attached hydrogens (tertiary/aromatic N) is 2. The van der Waals surface area contributed by atoms with Crippen molar-refractivity contribution in [2.45, 2.75) is 78.8 Å². The van der Waals surface area contributed by atoms with Gasteiger partial charge in [0.25, 0.3) is 0 Å². The molecule has 210 valence electrons. The highest BCUT2D eigenvalue weighted by Crippen LogP contribution is 2.35. The van der Waals surface area contributed by atoms with Gasteiger partial charge in [0.15, 0.2) is 24.5 Å². The van der Waals surface area contributed by atoms with Gasteiger partial charge in [0.1, 0.15) is 30.7 Å². The second-order valence-corrected chi connectivity index (χ2v) is 8.06. The minimum absolute atomic E-state index is 0.00185. The zero-order valence-corrected chi connectivity index (χ0v) is 21.8. The van der Waals surface area contributed by atoms with E-state index in [2.05, 4.69) is 5.10 Å². The van der Waals surface area contributed by atoms with Crippen molar-refractivity contribution in [1.29, 1.82) is 0 Å². The molecule has 0 bridgehead atoms. The zero-order valence-electron chi connectivity index (χ0n) is 21.8. The lowest BCUT2D eigenvalue weighted by Gasteiger charge is -2.44. The fourth-order valence-corrected chi connectivity index (χ4v) is 3.65. The third kappa shape index (κ3) is 8.26. The molecule has 38 heavy (non-hydrogen) atoms. The summed E-state index contributed by atoms with van der Waals surface area (Å²) in [5.41, 5.74) is -0.0778. The molecule has 1 aliphatic rings. The smallest absolute Gasteiger partial charge is 0.356 e. The van der Waals surface area contributed by atoms with Crippen LogP contribution in [0.4, 0.5) is 0 Å². The van der Waals surface area contributed by atoms with Crippen LogP contribution >= 0.6 is 0 Å². The number of carbonyl (C=O) groups excluding carboxylic acids is 6. The van der Waals surface area contributed by atoms with Crippen molar-refractivity contribution >= 4 is 35.8 Å². The molecule has 0 N–H and O–H groups in total. The highest BCUT2D eigenvalue weighted by atomic mass is 16.7. The number of hydrogen-bond acceptors (Lipinski definition) is 14. The molecule has 5 atom stereocenters. The lowest BCUT2D eigenvalue weighted by atomic mass is 9.97. The molecule has 1 saturated heterocycles. The van der Waals surface area contributed by atoms with E-state index in [1.165, 1.54) is 13.0 Å². The second-order valence-electron chi connectivity index (χ2n) is 8.06. The van der Waals surface area contributed by atoms with Crippen molar-refractivity contribution < 1.29 is 61.9 Å². The Balaban J connectivity index is 2.69. The first-order chi connectivity index (χ1) is 17.8. The van der Waals surface area contributed by atoms with E-state index in [0.717, 1.165) is 32.4 Å². The van der Waals surface area contributed by atoms with E-state index in [0.29, 0.717) is 0 Å². The Morgan fingerprint density at radius 2 is 1.34 bits per heavy atom. The van der Waals surface area contributed by atoms with Gasteiger partial charge >= 0.3 is 35.8 Å². The van der Waals surface area contributed by atoms with Crippen LogP contribution in [0, 0.1) is 0 Å². The van der Waals surface area contributed by atoms with Gasteiger partial charge in [-0.05, 0) is 13.0 Å². The molecule has 15 nitrogen and oxygen atoms in total. The van der Waals surface area contributed by atoms with Gasteiger partial charge in [-0.25, -0.2) is 9.48 Å². The maximum absolute atomic E-state index is 12.8. The number of hydrogen-bond donors (Lipinski definition) is 0. The minimum atomic E-state index is -1.51. The van der Waals surface area contributed by atoms with Crippen LogP contribution in [-0.2, 0) is 63.7 Å². The van der Waals surface area contributed by atoms with Gasteiger partial charge in [0.2, 0.25) is 0 Å². The summed E-state index contributed by atoms with van der Waals surface area (Å²) in [5, 5.41) is 4.26. The monoisotopic (exact) mass is 542 g/mol. The summed E-state index contributed by atoms with van der Waals surface area (Å²) in [6, 6.07) is 1.27. The number of aromatic nitrogens is 2. The molecule has 1 aliphatic heterocycles. The molecule has 0 radical (unpaired) electrons. The van der Waals surface area contributed by atoms with Crippen molar-refractivity contribution in [2.75, 3.05) is 13.2 Å². The van der Waals surface area contributed by atoms with Gasteiger partial charge in [-0.3, -0.25) is 24.0 Å². The predicted molar refractivity (Wildman–Crippen MR) is 121 cm³/mol. The predicted octanol–water partition coefficient (Wildman–Crippen LogP) is 0.379. The third-order valence-electron chi connectivity index (χ3n) is 4.90. The second kappa shape index (κ2) is 13.5. The molecule has 2 heterocycles. The van der Waals surface area contributed by atoms with Crippen molar-refractivity contribution in [3.05, 3.63) is 17.5 Å². The van der Waals surface area contributed by atoms with E-state index in [-0.39, 0.29) is 24.6 Å².